The molecule has 62 valence electrons. The molecule has 0 fully saturated rings. The summed E-state index contributed by atoms with van der Waals surface area (Å²) in [6.07, 6.45) is 0. The van der Waals surface area contributed by atoms with Gasteiger partial charge >= 0.3 is 37.7 Å². The van der Waals surface area contributed by atoms with Gasteiger partial charge in [0, 0.05) is 0 Å². The van der Waals surface area contributed by atoms with Crippen molar-refractivity contribution < 1.29 is 19.8 Å². The molecule has 0 spiro atoms. The van der Waals surface area contributed by atoms with Gasteiger partial charge in [0.05, 0.1) is 11.9 Å². The van der Waals surface area contributed by atoms with Crippen molar-refractivity contribution in [1.29, 1.82) is 0 Å². The molecule has 13 heavy (non-hydrogen) atoms. The average Bonchev–Trinajstić information content (AvgIpc) is 2.04. The van der Waals surface area contributed by atoms with Gasteiger partial charge in [0.2, 0.25) is 0 Å². The Morgan fingerprint density at radius 3 is 1.23 bits per heavy atom. The number of benzene rings is 1. The fourth-order valence-electron chi connectivity index (χ4n) is 0.742. The first-order valence-corrected chi connectivity index (χ1v) is 3.14. The first-order valence-electron chi connectivity index (χ1n) is 3.14. The fraction of sp³-hybridized carbons (Fsp3) is 0. The zero-order chi connectivity index (χ0) is 9.14. The molecule has 1 aromatic carbocycles. The normalized spacial score (nSPS) is 8.62. The third kappa shape index (κ3) is 3.34. The van der Waals surface area contributed by atoms with Crippen molar-refractivity contribution in [3.05, 3.63) is 35.4 Å². The smallest absolute Gasteiger partial charge is 0.545 e. The van der Waals surface area contributed by atoms with Crippen molar-refractivity contribution in [2.45, 2.75) is 0 Å². The molecule has 0 saturated carbocycles. The quantitative estimate of drug-likeness (QED) is 0.523. The molecule has 0 aliphatic carbocycles. The van der Waals surface area contributed by atoms with Crippen LogP contribution in [-0.2, 0) is 0 Å². The fourth-order valence-corrected chi connectivity index (χ4v) is 0.742. The van der Waals surface area contributed by atoms with Gasteiger partial charge in [-0.15, -0.1) is 0 Å². The topological polar surface area (TPSA) is 80.3 Å². The molecule has 0 saturated heterocycles. The van der Waals surface area contributed by atoms with E-state index in [-0.39, 0.29) is 48.9 Å². The summed E-state index contributed by atoms with van der Waals surface area (Å²) in [5, 5.41) is 20.4. The van der Waals surface area contributed by atoms with Gasteiger partial charge in [0.25, 0.3) is 0 Å². The SMILES string of the molecule is O=C([O-])c1ccc(C(=O)[O-])cc1.[Ca+2]. The van der Waals surface area contributed by atoms with E-state index in [2.05, 4.69) is 0 Å². The van der Waals surface area contributed by atoms with Crippen LogP contribution in [0.1, 0.15) is 20.7 Å². The van der Waals surface area contributed by atoms with Crippen LogP contribution in [0.3, 0.4) is 0 Å². The van der Waals surface area contributed by atoms with Gasteiger partial charge in [-0.2, -0.15) is 0 Å². The van der Waals surface area contributed by atoms with Gasteiger partial charge in [-0.1, -0.05) is 24.3 Å². The molecule has 0 unspecified atom stereocenters. The molecule has 0 aliphatic rings. The number of carboxylic acids is 2. The predicted molar refractivity (Wildman–Crippen MR) is 40.9 cm³/mol. The summed E-state index contributed by atoms with van der Waals surface area (Å²) < 4.78 is 0. The third-order valence-corrected chi connectivity index (χ3v) is 1.36. The predicted octanol–water partition coefficient (Wildman–Crippen LogP) is -1.97. The van der Waals surface area contributed by atoms with Gasteiger partial charge in [-0.3, -0.25) is 0 Å². The molecule has 0 aromatic heterocycles. The maximum absolute atomic E-state index is 10.2. The molecule has 0 radical (unpaired) electrons. The number of hydrogen-bond donors (Lipinski definition) is 0. The molecule has 0 bridgehead atoms. The Balaban J connectivity index is 0.00000144. The minimum absolute atomic E-state index is 0. The van der Waals surface area contributed by atoms with E-state index in [1.807, 2.05) is 0 Å². The number of hydrogen-bond acceptors (Lipinski definition) is 4. The van der Waals surface area contributed by atoms with Crippen LogP contribution >= 0.6 is 0 Å². The van der Waals surface area contributed by atoms with Crippen LogP contribution in [0.2, 0.25) is 0 Å². The molecule has 5 heteroatoms. The average molecular weight is 204 g/mol. The van der Waals surface area contributed by atoms with Crippen molar-refractivity contribution in [3.63, 3.8) is 0 Å². The second-order valence-electron chi connectivity index (χ2n) is 2.15. The summed E-state index contributed by atoms with van der Waals surface area (Å²) in [6, 6.07) is 4.61. The van der Waals surface area contributed by atoms with Crippen LogP contribution in [0.4, 0.5) is 0 Å². The molecular formula is C8H4CaO4. The summed E-state index contributed by atoms with van der Waals surface area (Å²) in [7, 11) is 0. The minimum atomic E-state index is -1.33. The maximum atomic E-state index is 10.2. The van der Waals surface area contributed by atoms with Crippen molar-refractivity contribution in [1.82, 2.24) is 0 Å². The zero-order valence-electron chi connectivity index (χ0n) is 6.65. The Labute approximate surface area is 104 Å². The Hall–Kier alpha value is -0.580. The summed E-state index contributed by atoms with van der Waals surface area (Å²) in [5.74, 6) is -2.67. The van der Waals surface area contributed by atoms with E-state index in [1.165, 1.54) is 0 Å². The van der Waals surface area contributed by atoms with E-state index in [9.17, 15) is 19.8 Å². The largest absolute Gasteiger partial charge is 2.00 e. The standard InChI is InChI=1S/C8H6O4.Ca/c9-7(10)5-1-2-6(4-3-5)8(11)12;/h1-4H,(H,9,10)(H,11,12);/q;+2/p-2. The molecule has 0 aliphatic heterocycles. The first-order chi connectivity index (χ1) is 5.61. The van der Waals surface area contributed by atoms with Gasteiger partial charge in [-0.25, -0.2) is 0 Å². The number of rotatable bonds is 2. The monoisotopic (exact) mass is 204 g/mol. The first kappa shape index (κ1) is 12.4. The summed E-state index contributed by atoms with van der Waals surface area (Å²) in [6.45, 7) is 0. The molecular weight excluding hydrogens is 200 g/mol. The van der Waals surface area contributed by atoms with Crippen LogP contribution in [0.5, 0.6) is 0 Å². The van der Waals surface area contributed by atoms with Crippen molar-refractivity contribution in [3.8, 4) is 0 Å². The molecule has 4 nitrogen and oxygen atoms in total. The van der Waals surface area contributed by atoms with Crippen molar-refractivity contribution in [2.24, 2.45) is 0 Å². The van der Waals surface area contributed by atoms with Crippen LogP contribution in [-0.4, -0.2) is 49.7 Å². The Morgan fingerprint density at radius 2 is 1.08 bits per heavy atom. The number of aromatic carboxylic acids is 2. The molecule has 0 N–H and O–H groups in total. The molecule has 0 amide bonds. The van der Waals surface area contributed by atoms with Gasteiger partial charge < -0.3 is 19.8 Å². The van der Waals surface area contributed by atoms with E-state index in [0.717, 1.165) is 24.3 Å². The van der Waals surface area contributed by atoms with Crippen LogP contribution in [0.15, 0.2) is 24.3 Å². The molecule has 0 heterocycles. The Bertz CT molecular complexity index is 284. The number of carbonyl (C=O) groups excluding carboxylic acids is 2. The van der Waals surface area contributed by atoms with Crippen LogP contribution in [0.25, 0.3) is 0 Å². The zero-order valence-corrected chi connectivity index (χ0v) is 8.86. The Kier molecular flexibility index (Phi) is 4.98. The van der Waals surface area contributed by atoms with Crippen molar-refractivity contribution >= 4 is 49.7 Å². The third-order valence-electron chi connectivity index (χ3n) is 1.36. The minimum Gasteiger partial charge on any atom is -0.545 e. The van der Waals surface area contributed by atoms with E-state index >= 15 is 0 Å². The van der Waals surface area contributed by atoms with E-state index in [0.29, 0.717) is 0 Å². The number of carboxylic acid groups (broad SMARTS) is 2. The summed E-state index contributed by atoms with van der Waals surface area (Å²) in [4.78, 5) is 20.4. The van der Waals surface area contributed by atoms with Gasteiger partial charge in [-0.05, 0) is 11.1 Å². The van der Waals surface area contributed by atoms with Crippen molar-refractivity contribution in [2.75, 3.05) is 0 Å². The second-order valence-corrected chi connectivity index (χ2v) is 2.15. The molecule has 0 atom stereocenters. The number of carbonyl (C=O) groups is 2. The van der Waals surface area contributed by atoms with E-state index in [1.54, 1.807) is 0 Å². The Morgan fingerprint density at radius 1 is 0.846 bits per heavy atom. The van der Waals surface area contributed by atoms with E-state index < -0.39 is 11.9 Å². The molecule has 1 rings (SSSR count). The maximum Gasteiger partial charge on any atom is 2.00 e. The van der Waals surface area contributed by atoms with E-state index in [4.69, 9.17) is 0 Å². The molecule has 1 aromatic rings. The second kappa shape index (κ2) is 5.21. The van der Waals surface area contributed by atoms with Gasteiger partial charge in [0.15, 0.2) is 0 Å². The summed E-state index contributed by atoms with van der Waals surface area (Å²) in [5.41, 5.74) is -0.111. The van der Waals surface area contributed by atoms with Crippen LogP contribution in [0, 0.1) is 0 Å². The van der Waals surface area contributed by atoms with Gasteiger partial charge in [0.1, 0.15) is 0 Å². The summed E-state index contributed by atoms with van der Waals surface area (Å²) >= 11 is 0. The van der Waals surface area contributed by atoms with Crippen LogP contribution < -0.4 is 10.2 Å².